The lowest BCUT2D eigenvalue weighted by molar-refractivity contribution is 0.0769. The van der Waals surface area contributed by atoms with E-state index >= 15 is 0 Å². The fourth-order valence-corrected chi connectivity index (χ4v) is 2.37. The highest BCUT2D eigenvalue weighted by Gasteiger charge is 2.19. The second-order valence-corrected chi connectivity index (χ2v) is 5.47. The van der Waals surface area contributed by atoms with E-state index in [2.05, 4.69) is 10.2 Å². The number of nitrogens with one attached hydrogen (secondary N) is 1. The zero-order valence-corrected chi connectivity index (χ0v) is 12.6. The molecule has 1 amide bonds. The van der Waals surface area contributed by atoms with Crippen LogP contribution in [0.3, 0.4) is 0 Å². The van der Waals surface area contributed by atoms with Gasteiger partial charge < -0.3 is 10.2 Å². The molecule has 0 radical (unpaired) electrons. The van der Waals surface area contributed by atoms with Gasteiger partial charge in [0.25, 0.3) is 5.91 Å². The monoisotopic (exact) mass is 317 g/mol. The van der Waals surface area contributed by atoms with Crippen molar-refractivity contribution in [3.05, 3.63) is 34.4 Å². The number of benzene rings is 1. The summed E-state index contributed by atoms with van der Waals surface area (Å²) >= 11 is 5.48. The van der Waals surface area contributed by atoms with Crippen molar-refractivity contribution in [3.8, 4) is 0 Å². The molecule has 116 valence electrons. The summed E-state index contributed by atoms with van der Waals surface area (Å²) in [6.07, 6.45) is 0. The molecule has 1 fully saturated rings. The van der Waals surface area contributed by atoms with Crippen LogP contribution < -0.4 is 5.32 Å². The molecule has 0 saturated carbocycles. The summed E-state index contributed by atoms with van der Waals surface area (Å²) in [7, 11) is 1.58. The van der Waals surface area contributed by atoms with Gasteiger partial charge in [-0.25, -0.2) is 8.78 Å². The normalized spacial score (nSPS) is 16.0. The van der Waals surface area contributed by atoms with Crippen LogP contribution in [0.15, 0.2) is 12.1 Å². The van der Waals surface area contributed by atoms with Gasteiger partial charge in [-0.3, -0.25) is 9.69 Å². The van der Waals surface area contributed by atoms with Crippen molar-refractivity contribution < 1.29 is 13.6 Å². The molecule has 0 aromatic heterocycles. The van der Waals surface area contributed by atoms with Gasteiger partial charge >= 0.3 is 0 Å². The first-order valence-corrected chi connectivity index (χ1v) is 7.20. The number of carbonyl (C=O) groups excluding carboxylic acids is 1. The highest BCUT2D eigenvalue weighted by Crippen LogP contribution is 2.20. The Bertz CT molecular complexity index is 521. The topological polar surface area (TPSA) is 35.6 Å². The Labute approximate surface area is 127 Å². The average molecular weight is 318 g/mol. The lowest BCUT2D eigenvalue weighted by Crippen LogP contribution is -2.46. The fourth-order valence-electron chi connectivity index (χ4n) is 2.22. The van der Waals surface area contributed by atoms with E-state index in [4.69, 9.17) is 11.6 Å². The van der Waals surface area contributed by atoms with Gasteiger partial charge in [0.2, 0.25) is 0 Å². The number of nitrogens with zero attached hydrogens (tertiary/aromatic N) is 2. The maximum absolute atomic E-state index is 13.7. The molecule has 1 N–H and O–H groups in total. The summed E-state index contributed by atoms with van der Waals surface area (Å²) in [5.41, 5.74) is -0.292. The van der Waals surface area contributed by atoms with Crippen LogP contribution in [-0.2, 0) is 0 Å². The molecule has 1 aromatic carbocycles. The van der Waals surface area contributed by atoms with Crippen molar-refractivity contribution in [2.24, 2.45) is 0 Å². The van der Waals surface area contributed by atoms with Gasteiger partial charge in [-0.15, -0.1) is 0 Å². The zero-order chi connectivity index (χ0) is 15.4. The average Bonchev–Trinajstić information content (AvgIpc) is 2.49. The van der Waals surface area contributed by atoms with Gasteiger partial charge in [-0.2, -0.15) is 0 Å². The summed E-state index contributed by atoms with van der Waals surface area (Å²) in [5, 5.41) is 2.92. The minimum absolute atomic E-state index is 0.292. The van der Waals surface area contributed by atoms with E-state index < -0.39 is 17.5 Å². The van der Waals surface area contributed by atoms with Crippen LogP contribution in [0.25, 0.3) is 0 Å². The molecule has 4 nitrogen and oxygen atoms in total. The van der Waals surface area contributed by atoms with Crippen LogP contribution in [0.1, 0.15) is 10.4 Å². The molecule has 0 spiro atoms. The summed E-state index contributed by atoms with van der Waals surface area (Å²) in [4.78, 5) is 15.8. The Morgan fingerprint density at radius 3 is 2.67 bits per heavy atom. The third kappa shape index (κ3) is 4.12. The molecular weight excluding hydrogens is 300 g/mol. The number of halogens is 3. The summed E-state index contributed by atoms with van der Waals surface area (Å²) in [6, 6.07) is 1.68. The van der Waals surface area contributed by atoms with Crippen LogP contribution >= 0.6 is 11.6 Å². The lowest BCUT2D eigenvalue weighted by atomic mass is 10.2. The minimum atomic E-state index is -0.805. The van der Waals surface area contributed by atoms with Gasteiger partial charge in [-0.1, -0.05) is 11.6 Å². The second kappa shape index (κ2) is 7.15. The van der Waals surface area contributed by atoms with Gasteiger partial charge in [-0.05, 0) is 12.1 Å². The standard InChI is InChI=1S/C14H18ClF2N3O/c1-19(6-7-20-4-2-18-3-5-20)14(21)10-8-13(17)11(15)9-12(10)16/h8-9,18H,2-7H2,1H3. The Morgan fingerprint density at radius 2 is 2.00 bits per heavy atom. The largest absolute Gasteiger partial charge is 0.340 e. The first-order chi connectivity index (χ1) is 9.99. The number of hydrogen-bond acceptors (Lipinski definition) is 3. The molecule has 0 bridgehead atoms. The van der Waals surface area contributed by atoms with Crippen molar-refractivity contribution >= 4 is 17.5 Å². The zero-order valence-electron chi connectivity index (χ0n) is 11.8. The highest BCUT2D eigenvalue weighted by molar-refractivity contribution is 6.30. The molecule has 7 heteroatoms. The maximum atomic E-state index is 13.7. The Balaban J connectivity index is 1.97. The Hall–Kier alpha value is -1.24. The van der Waals surface area contributed by atoms with E-state index in [1.807, 2.05) is 0 Å². The van der Waals surface area contributed by atoms with Crippen LogP contribution in [0.4, 0.5) is 8.78 Å². The molecule has 21 heavy (non-hydrogen) atoms. The molecule has 0 unspecified atom stereocenters. The van der Waals surface area contributed by atoms with E-state index in [9.17, 15) is 13.6 Å². The molecule has 0 aliphatic carbocycles. The van der Waals surface area contributed by atoms with Gasteiger partial charge in [0.05, 0.1) is 10.6 Å². The Morgan fingerprint density at radius 1 is 1.33 bits per heavy atom. The summed E-state index contributed by atoms with van der Waals surface area (Å²) in [6.45, 7) is 4.87. The first-order valence-electron chi connectivity index (χ1n) is 6.82. The van der Waals surface area contributed by atoms with E-state index in [0.717, 1.165) is 38.3 Å². The van der Waals surface area contributed by atoms with E-state index in [-0.39, 0.29) is 10.6 Å². The van der Waals surface area contributed by atoms with Gasteiger partial charge in [0.1, 0.15) is 11.6 Å². The van der Waals surface area contributed by atoms with Gasteiger partial charge in [0.15, 0.2) is 0 Å². The lowest BCUT2D eigenvalue weighted by Gasteiger charge is -2.29. The van der Waals surface area contributed by atoms with E-state index in [1.165, 1.54) is 4.90 Å². The maximum Gasteiger partial charge on any atom is 0.256 e. The number of carbonyl (C=O) groups is 1. The highest BCUT2D eigenvalue weighted by atomic mass is 35.5. The SMILES string of the molecule is CN(CCN1CCNCC1)C(=O)c1cc(F)c(Cl)cc1F. The molecular formula is C14H18ClF2N3O. The number of amides is 1. The van der Waals surface area contributed by atoms with E-state index in [1.54, 1.807) is 7.05 Å². The van der Waals surface area contributed by atoms with Crippen molar-refractivity contribution in [1.82, 2.24) is 15.1 Å². The molecule has 2 rings (SSSR count). The second-order valence-electron chi connectivity index (χ2n) is 5.06. The minimum Gasteiger partial charge on any atom is -0.340 e. The third-order valence-corrected chi connectivity index (χ3v) is 3.84. The van der Waals surface area contributed by atoms with Crippen LogP contribution in [0, 0.1) is 11.6 Å². The smallest absolute Gasteiger partial charge is 0.256 e. The third-order valence-electron chi connectivity index (χ3n) is 3.55. The fraction of sp³-hybridized carbons (Fsp3) is 0.500. The molecule has 1 aliphatic rings. The molecule has 1 aliphatic heterocycles. The molecule has 1 heterocycles. The number of hydrogen-bond donors (Lipinski definition) is 1. The van der Waals surface area contributed by atoms with Crippen molar-refractivity contribution in [1.29, 1.82) is 0 Å². The summed E-state index contributed by atoms with van der Waals surface area (Å²) in [5.74, 6) is -2.14. The predicted molar refractivity (Wildman–Crippen MR) is 77.6 cm³/mol. The Kier molecular flexibility index (Phi) is 5.50. The van der Waals surface area contributed by atoms with Crippen molar-refractivity contribution in [2.75, 3.05) is 46.3 Å². The van der Waals surface area contributed by atoms with Crippen LogP contribution in [0.5, 0.6) is 0 Å². The molecule has 1 saturated heterocycles. The van der Waals surface area contributed by atoms with Crippen molar-refractivity contribution in [2.45, 2.75) is 0 Å². The number of likely N-dealkylation sites (N-methyl/N-ethyl adjacent to an activating group) is 1. The first kappa shape index (κ1) is 16.1. The predicted octanol–water partition coefficient (Wildman–Crippen LogP) is 1.60. The number of rotatable bonds is 4. The van der Waals surface area contributed by atoms with Crippen LogP contribution in [0.2, 0.25) is 5.02 Å². The quantitative estimate of drug-likeness (QED) is 0.857. The van der Waals surface area contributed by atoms with Gasteiger partial charge in [0, 0.05) is 46.3 Å². The number of piperazine rings is 1. The van der Waals surface area contributed by atoms with E-state index in [0.29, 0.717) is 13.1 Å². The molecule has 1 aromatic rings. The summed E-state index contributed by atoms with van der Waals surface area (Å²) < 4.78 is 27.1. The molecule has 0 atom stereocenters. The van der Waals surface area contributed by atoms with Crippen molar-refractivity contribution in [3.63, 3.8) is 0 Å². The van der Waals surface area contributed by atoms with Crippen LogP contribution in [-0.4, -0.2) is 62.0 Å².